The average molecular weight is 223 g/mol. The fraction of sp³-hybridized carbons (Fsp3) is 0.444. The Bertz CT molecular complexity index is 466. The molecule has 7 nitrogen and oxygen atoms in total. The van der Waals surface area contributed by atoms with Crippen LogP contribution in [0.3, 0.4) is 0 Å². The van der Waals surface area contributed by atoms with Crippen molar-refractivity contribution in [2.45, 2.75) is 12.5 Å². The second-order valence-electron chi connectivity index (χ2n) is 3.82. The van der Waals surface area contributed by atoms with Crippen molar-refractivity contribution in [1.82, 2.24) is 20.4 Å². The van der Waals surface area contributed by atoms with E-state index in [0.717, 1.165) is 0 Å². The van der Waals surface area contributed by atoms with Gasteiger partial charge in [-0.25, -0.2) is 4.79 Å². The number of imide groups is 1. The number of amides is 3. The van der Waals surface area contributed by atoms with Crippen molar-refractivity contribution < 1.29 is 9.59 Å². The lowest BCUT2D eigenvalue weighted by molar-refractivity contribution is -0.124. The first-order valence-electron chi connectivity index (χ1n) is 4.84. The summed E-state index contributed by atoms with van der Waals surface area (Å²) < 4.78 is 1.58. The zero-order valence-electron chi connectivity index (χ0n) is 9.07. The summed E-state index contributed by atoms with van der Waals surface area (Å²) in [6, 6.07) is -0.529. The Morgan fingerprint density at radius 2 is 2.25 bits per heavy atom. The number of hydrogen-bond donors (Lipinski definition) is 3. The molecule has 16 heavy (non-hydrogen) atoms. The van der Waals surface area contributed by atoms with Crippen LogP contribution in [0.5, 0.6) is 0 Å². The molecule has 0 spiro atoms. The second-order valence-corrected chi connectivity index (χ2v) is 3.82. The van der Waals surface area contributed by atoms with Crippen LogP contribution in [0.1, 0.15) is 11.3 Å². The van der Waals surface area contributed by atoms with E-state index in [-0.39, 0.29) is 6.54 Å². The molecule has 1 saturated heterocycles. The standard InChI is InChI=1S/C9H13N5O2/c1-5-6(3-14(2)13-5)9(4-10)7(15)11-8(16)12-9/h3H,4,10H2,1-2H3,(H2,11,12,15,16). The van der Waals surface area contributed by atoms with Crippen LogP contribution in [0.15, 0.2) is 6.20 Å². The molecule has 86 valence electrons. The van der Waals surface area contributed by atoms with E-state index >= 15 is 0 Å². The van der Waals surface area contributed by atoms with Crippen molar-refractivity contribution in [3.8, 4) is 0 Å². The van der Waals surface area contributed by atoms with E-state index in [2.05, 4.69) is 15.7 Å². The molecule has 1 aliphatic heterocycles. The summed E-state index contributed by atoms with van der Waals surface area (Å²) in [5.41, 5.74) is 5.73. The maximum absolute atomic E-state index is 11.8. The Morgan fingerprint density at radius 3 is 2.62 bits per heavy atom. The van der Waals surface area contributed by atoms with Gasteiger partial charge in [0.05, 0.1) is 5.69 Å². The Labute approximate surface area is 92.0 Å². The molecular weight excluding hydrogens is 210 g/mol. The molecule has 1 aromatic rings. The van der Waals surface area contributed by atoms with Gasteiger partial charge in [0.1, 0.15) is 0 Å². The van der Waals surface area contributed by atoms with Crippen molar-refractivity contribution in [3.05, 3.63) is 17.5 Å². The van der Waals surface area contributed by atoms with Crippen LogP contribution in [-0.2, 0) is 17.4 Å². The van der Waals surface area contributed by atoms with Crippen LogP contribution >= 0.6 is 0 Å². The molecule has 1 atom stereocenters. The minimum absolute atomic E-state index is 0.00287. The van der Waals surface area contributed by atoms with Crippen LogP contribution in [-0.4, -0.2) is 28.3 Å². The summed E-state index contributed by atoms with van der Waals surface area (Å²) in [4.78, 5) is 23.0. The van der Waals surface area contributed by atoms with Crippen LogP contribution < -0.4 is 16.4 Å². The molecule has 1 aliphatic rings. The first-order valence-corrected chi connectivity index (χ1v) is 4.84. The smallest absolute Gasteiger partial charge is 0.322 e. The highest BCUT2D eigenvalue weighted by Gasteiger charge is 2.48. The van der Waals surface area contributed by atoms with Crippen molar-refractivity contribution in [1.29, 1.82) is 0 Å². The number of urea groups is 1. The third kappa shape index (κ3) is 1.28. The van der Waals surface area contributed by atoms with E-state index in [4.69, 9.17) is 5.73 Å². The average Bonchev–Trinajstić information content (AvgIpc) is 2.67. The maximum Gasteiger partial charge on any atom is 0.322 e. The molecule has 0 saturated carbocycles. The lowest BCUT2D eigenvalue weighted by Gasteiger charge is -2.23. The first-order chi connectivity index (χ1) is 7.49. The molecule has 2 rings (SSSR count). The van der Waals surface area contributed by atoms with Crippen LogP contribution in [0.4, 0.5) is 4.79 Å². The highest BCUT2D eigenvalue weighted by Crippen LogP contribution is 2.25. The summed E-state index contributed by atoms with van der Waals surface area (Å²) in [6.07, 6.45) is 1.69. The lowest BCUT2D eigenvalue weighted by Crippen LogP contribution is -2.50. The van der Waals surface area contributed by atoms with E-state index < -0.39 is 17.5 Å². The Morgan fingerprint density at radius 1 is 1.56 bits per heavy atom. The summed E-state index contributed by atoms with van der Waals surface area (Å²) in [7, 11) is 1.75. The van der Waals surface area contributed by atoms with Gasteiger partial charge in [0.25, 0.3) is 5.91 Å². The summed E-state index contributed by atoms with van der Waals surface area (Å²) in [5, 5.41) is 8.88. The van der Waals surface area contributed by atoms with Crippen LogP contribution in [0.2, 0.25) is 0 Å². The monoisotopic (exact) mass is 223 g/mol. The molecule has 0 aliphatic carbocycles. The predicted molar refractivity (Wildman–Crippen MR) is 55.4 cm³/mol. The van der Waals surface area contributed by atoms with Gasteiger partial charge in [0.2, 0.25) is 0 Å². The summed E-state index contributed by atoms with van der Waals surface area (Å²) in [6.45, 7) is 1.77. The lowest BCUT2D eigenvalue weighted by atomic mass is 9.91. The van der Waals surface area contributed by atoms with E-state index in [1.807, 2.05) is 0 Å². The Balaban J connectivity index is 2.54. The second kappa shape index (κ2) is 3.31. The molecule has 7 heteroatoms. The normalized spacial score (nSPS) is 24.4. The minimum atomic E-state index is -1.19. The van der Waals surface area contributed by atoms with Crippen LogP contribution in [0.25, 0.3) is 0 Å². The van der Waals surface area contributed by atoms with Gasteiger partial charge in [-0.2, -0.15) is 5.10 Å². The fourth-order valence-electron chi connectivity index (χ4n) is 1.95. The van der Waals surface area contributed by atoms with Crippen molar-refractivity contribution in [3.63, 3.8) is 0 Å². The van der Waals surface area contributed by atoms with Gasteiger partial charge >= 0.3 is 6.03 Å². The van der Waals surface area contributed by atoms with Gasteiger partial charge in [0.15, 0.2) is 5.54 Å². The van der Waals surface area contributed by atoms with Gasteiger partial charge in [-0.3, -0.25) is 14.8 Å². The van der Waals surface area contributed by atoms with E-state index in [1.165, 1.54) is 0 Å². The summed E-state index contributed by atoms with van der Waals surface area (Å²) >= 11 is 0. The van der Waals surface area contributed by atoms with Crippen LogP contribution in [0, 0.1) is 6.92 Å². The number of aromatic nitrogens is 2. The highest BCUT2D eigenvalue weighted by atomic mass is 16.2. The topological polar surface area (TPSA) is 102 Å². The Kier molecular flexibility index (Phi) is 2.20. The van der Waals surface area contributed by atoms with E-state index in [9.17, 15) is 9.59 Å². The quantitative estimate of drug-likeness (QED) is 0.543. The number of nitrogens with one attached hydrogen (secondary N) is 2. The third-order valence-corrected chi connectivity index (χ3v) is 2.72. The molecule has 1 fully saturated rings. The van der Waals surface area contributed by atoms with E-state index in [1.54, 1.807) is 24.9 Å². The van der Waals surface area contributed by atoms with Gasteiger partial charge in [0, 0.05) is 25.4 Å². The molecule has 4 N–H and O–H groups in total. The first kappa shape index (κ1) is 10.6. The summed E-state index contributed by atoms with van der Waals surface area (Å²) in [5.74, 6) is -0.434. The van der Waals surface area contributed by atoms with Crippen molar-refractivity contribution in [2.24, 2.45) is 12.8 Å². The van der Waals surface area contributed by atoms with E-state index in [0.29, 0.717) is 11.3 Å². The van der Waals surface area contributed by atoms with Crippen molar-refractivity contribution >= 4 is 11.9 Å². The number of carbonyl (C=O) groups excluding carboxylic acids is 2. The molecule has 0 radical (unpaired) electrons. The van der Waals surface area contributed by atoms with Gasteiger partial charge in [-0.05, 0) is 6.92 Å². The highest BCUT2D eigenvalue weighted by molar-refractivity contribution is 6.07. The number of nitrogens with zero attached hydrogens (tertiary/aromatic N) is 2. The number of aryl methyl sites for hydroxylation is 2. The van der Waals surface area contributed by atoms with Gasteiger partial charge in [-0.1, -0.05) is 0 Å². The number of rotatable bonds is 2. The molecule has 3 amide bonds. The molecule has 0 bridgehead atoms. The SMILES string of the molecule is Cc1nn(C)cc1C1(CN)NC(=O)NC1=O. The zero-order chi connectivity index (χ0) is 11.9. The zero-order valence-corrected chi connectivity index (χ0v) is 9.07. The minimum Gasteiger partial charge on any atom is -0.327 e. The molecule has 1 unspecified atom stereocenters. The number of hydrogen-bond acceptors (Lipinski definition) is 4. The number of carbonyl (C=O) groups is 2. The third-order valence-electron chi connectivity index (χ3n) is 2.72. The number of nitrogens with two attached hydrogens (primary N) is 1. The molecule has 0 aromatic carbocycles. The molecular formula is C9H13N5O2. The van der Waals surface area contributed by atoms with Gasteiger partial charge in [-0.15, -0.1) is 0 Å². The van der Waals surface area contributed by atoms with Crippen molar-refractivity contribution in [2.75, 3.05) is 6.54 Å². The largest absolute Gasteiger partial charge is 0.327 e. The fourth-order valence-corrected chi connectivity index (χ4v) is 1.95. The predicted octanol–water partition coefficient (Wildman–Crippen LogP) is -1.28. The molecule has 1 aromatic heterocycles. The van der Waals surface area contributed by atoms with Gasteiger partial charge < -0.3 is 11.1 Å². The molecule has 2 heterocycles. The maximum atomic E-state index is 11.8. The Hall–Kier alpha value is -1.89.